The second-order valence-corrected chi connectivity index (χ2v) is 6.35. The van der Waals surface area contributed by atoms with E-state index in [1.165, 1.54) is 0 Å². The summed E-state index contributed by atoms with van der Waals surface area (Å²) < 4.78 is 10.8. The summed E-state index contributed by atoms with van der Waals surface area (Å²) >= 11 is 0. The predicted molar refractivity (Wildman–Crippen MR) is 54.6 cm³/mol. The van der Waals surface area contributed by atoms with Gasteiger partial charge in [0.1, 0.15) is 0 Å². The highest BCUT2D eigenvalue weighted by Gasteiger charge is 2.29. The van der Waals surface area contributed by atoms with Crippen molar-refractivity contribution in [1.29, 1.82) is 0 Å². The SMILES string of the molecule is CO[SiH](OC)C(C(C)C)C(C)C. The van der Waals surface area contributed by atoms with E-state index in [0.29, 0.717) is 17.4 Å². The summed E-state index contributed by atoms with van der Waals surface area (Å²) in [5.74, 6) is 1.31. The molecule has 0 aliphatic heterocycles. The second-order valence-electron chi connectivity index (χ2n) is 3.91. The molecule has 2 nitrogen and oxygen atoms in total. The van der Waals surface area contributed by atoms with Crippen LogP contribution in [0.1, 0.15) is 27.7 Å². The highest BCUT2D eigenvalue weighted by atomic mass is 28.3. The summed E-state index contributed by atoms with van der Waals surface area (Å²) in [7, 11) is 2.10. The lowest BCUT2D eigenvalue weighted by molar-refractivity contribution is 0.238. The van der Waals surface area contributed by atoms with Crippen LogP contribution >= 0.6 is 0 Å². The van der Waals surface area contributed by atoms with Gasteiger partial charge in [-0.25, -0.2) is 0 Å². The summed E-state index contributed by atoms with van der Waals surface area (Å²) in [6, 6.07) is 0. The summed E-state index contributed by atoms with van der Waals surface area (Å²) in [5, 5.41) is 0. The van der Waals surface area contributed by atoms with Gasteiger partial charge in [-0.15, -0.1) is 0 Å². The second kappa shape index (κ2) is 5.73. The first-order valence-electron chi connectivity index (χ1n) is 4.60. The smallest absolute Gasteiger partial charge is 0.324 e. The van der Waals surface area contributed by atoms with Crippen LogP contribution in [-0.4, -0.2) is 23.5 Å². The van der Waals surface area contributed by atoms with Gasteiger partial charge in [-0.05, 0) is 11.8 Å². The Balaban J connectivity index is 4.26. The first kappa shape index (κ1) is 12.1. The van der Waals surface area contributed by atoms with Crippen molar-refractivity contribution >= 4 is 9.28 Å². The molecule has 12 heavy (non-hydrogen) atoms. The number of hydrogen-bond acceptors (Lipinski definition) is 2. The van der Waals surface area contributed by atoms with Crippen LogP contribution in [0.15, 0.2) is 0 Å². The Labute approximate surface area is 78.1 Å². The highest BCUT2D eigenvalue weighted by molar-refractivity contribution is 6.46. The number of rotatable bonds is 5. The molecule has 0 amide bonds. The van der Waals surface area contributed by atoms with Gasteiger partial charge in [0.2, 0.25) is 0 Å². The average molecular weight is 190 g/mol. The number of hydrogen-bond donors (Lipinski definition) is 0. The van der Waals surface area contributed by atoms with E-state index < -0.39 is 9.28 Å². The molecule has 0 rings (SSSR count). The summed E-state index contributed by atoms with van der Waals surface area (Å²) in [6.07, 6.45) is 0. The van der Waals surface area contributed by atoms with Gasteiger partial charge >= 0.3 is 9.28 Å². The third-order valence-corrected chi connectivity index (χ3v) is 5.42. The van der Waals surface area contributed by atoms with Gasteiger partial charge in [0.05, 0.1) is 0 Å². The Hall–Kier alpha value is 0.137. The Morgan fingerprint density at radius 3 is 1.25 bits per heavy atom. The fraction of sp³-hybridized carbons (Fsp3) is 1.00. The van der Waals surface area contributed by atoms with Gasteiger partial charge in [0.25, 0.3) is 0 Å². The van der Waals surface area contributed by atoms with Crippen LogP contribution in [-0.2, 0) is 8.85 Å². The average Bonchev–Trinajstić information content (AvgIpc) is 1.98. The summed E-state index contributed by atoms with van der Waals surface area (Å²) in [4.78, 5) is 0. The van der Waals surface area contributed by atoms with E-state index in [9.17, 15) is 0 Å². The maximum atomic E-state index is 5.40. The van der Waals surface area contributed by atoms with Crippen molar-refractivity contribution < 1.29 is 8.85 Å². The zero-order chi connectivity index (χ0) is 9.72. The molecule has 0 aliphatic rings. The van der Waals surface area contributed by atoms with Gasteiger partial charge < -0.3 is 8.85 Å². The molecule has 0 bridgehead atoms. The van der Waals surface area contributed by atoms with Crippen LogP contribution in [0.4, 0.5) is 0 Å². The molecule has 0 aromatic carbocycles. The van der Waals surface area contributed by atoms with Crippen molar-refractivity contribution in [2.75, 3.05) is 14.2 Å². The van der Waals surface area contributed by atoms with E-state index >= 15 is 0 Å². The van der Waals surface area contributed by atoms with Crippen molar-refractivity contribution in [2.45, 2.75) is 33.2 Å². The molecule has 0 spiro atoms. The Kier molecular flexibility index (Phi) is 5.79. The van der Waals surface area contributed by atoms with E-state index in [1.807, 2.05) is 0 Å². The van der Waals surface area contributed by atoms with Crippen molar-refractivity contribution in [2.24, 2.45) is 11.8 Å². The minimum Gasteiger partial charge on any atom is -0.400 e. The minimum atomic E-state index is -1.42. The predicted octanol–water partition coefficient (Wildman–Crippen LogP) is 2.18. The molecule has 0 aliphatic carbocycles. The Morgan fingerprint density at radius 2 is 1.17 bits per heavy atom. The maximum Gasteiger partial charge on any atom is 0.324 e. The van der Waals surface area contributed by atoms with Crippen LogP contribution < -0.4 is 0 Å². The van der Waals surface area contributed by atoms with Crippen LogP contribution in [0.2, 0.25) is 5.54 Å². The fourth-order valence-corrected chi connectivity index (χ4v) is 3.89. The lowest BCUT2D eigenvalue weighted by atomic mass is 10.00. The van der Waals surface area contributed by atoms with Crippen molar-refractivity contribution in [3.05, 3.63) is 0 Å². The van der Waals surface area contributed by atoms with Crippen LogP contribution in [0.25, 0.3) is 0 Å². The zero-order valence-electron chi connectivity index (χ0n) is 9.13. The molecule has 0 heterocycles. The van der Waals surface area contributed by atoms with Gasteiger partial charge in [-0.3, -0.25) is 0 Å². The van der Waals surface area contributed by atoms with Crippen LogP contribution in [0.3, 0.4) is 0 Å². The molecule has 0 radical (unpaired) electrons. The van der Waals surface area contributed by atoms with Crippen molar-refractivity contribution in [1.82, 2.24) is 0 Å². The van der Waals surface area contributed by atoms with Gasteiger partial charge in [-0.2, -0.15) is 0 Å². The van der Waals surface area contributed by atoms with Crippen LogP contribution in [0.5, 0.6) is 0 Å². The molecule has 3 heteroatoms. The molecule has 0 atom stereocenters. The Bertz CT molecular complexity index is 103. The van der Waals surface area contributed by atoms with Crippen LogP contribution in [0, 0.1) is 11.8 Å². The molecule has 0 saturated carbocycles. The highest BCUT2D eigenvalue weighted by Crippen LogP contribution is 2.30. The monoisotopic (exact) mass is 190 g/mol. The van der Waals surface area contributed by atoms with E-state index in [2.05, 4.69) is 27.7 Å². The van der Waals surface area contributed by atoms with E-state index in [4.69, 9.17) is 8.85 Å². The molecule has 0 aromatic heterocycles. The van der Waals surface area contributed by atoms with Gasteiger partial charge in [0.15, 0.2) is 0 Å². The Morgan fingerprint density at radius 1 is 0.833 bits per heavy atom. The minimum absolute atomic E-state index is 0.611. The molecule has 0 N–H and O–H groups in total. The first-order chi connectivity index (χ1) is 5.54. The maximum absolute atomic E-state index is 5.40. The largest absolute Gasteiger partial charge is 0.400 e. The lowest BCUT2D eigenvalue weighted by Crippen LogP contribution is -2.32. The molecule has 74 valence electrons. The van der Waals surface area contributed by atoms with E-state index in [1.54, 1.807) is 14.2 Å². The summed E-state index contributed by atoms with van der Waals surface area (Å²) in [6.45, 7) is 8.96. The molecule has 0 saturated heterocycles. The lowest BCUT2D eigenvalue weighted by Gasteiger charge is -2.29. The standard InChI is InChI=1S/C9H22O2Si/c1-7(2)9(8(3)4)12(10-5)11-6/h7-9,12H,1-6H3. The zero-order valence-corrected chi connectivity index (χ0v) is 10.3. The quantitative estimate of drug-likeness (QED) is 0.619. The molecule has 0 unspecified atom stereocenters. The van der Waals surface area contributed by atoms with Gasteiger partial charge in [-0.1, -0.05) is 27.7 Å². The fourth-order valence-electron chi connectivity index (χ4n) is 1.81. The van der Waals surface area contributed by atoms with Gasteiger partial charge in [0, 0.05) is 19.8 Å². The van der Waals surface area contributed by atoms with Crippen molar-refractivity contribution in [3.63, 3.8) is 0 Å². The topological polar surface area (TPSA) is 18.5 Å². The van der Waals surface area contributed by atoms with Crippen molar-refractivity contribution in [3.8, 4) is 0 Å². The molecular weight excluding hydrogens is 168 g/mol. The molecule has 0 fully saturated rings. The third kappa shape index (κ3) is 3.25. The third-order valence-electron chi connectivity index (χ3n) is 2.32. The molecule has 0 aromatic rings. The van der Waals surface area contributed by atoms with E-state index in [0.717, 1.165) is 0 Å². The first-order valence-corrected chi connectivity index (χ1v) is 6.21. The normalized spacial score (nSPS) is 12.5. The van der Waals surface area contributed by atoms with E-state index in [-0.39, 0.29) is 0 Å². The molecular formula is C9H22O2Si. The summed E-state index contributed by atoms with van der Waals surface area (Å²) in [5.41, 5.74) is 0.611.